The van der Waals surface area contributed by atoms with Gasteiger partial charge in [0.25, 0.3) is 0 Å². The maximum absolute atomic E-state index is 12.9. The third-order valence-corrected chi connectivity index (χ3v) is 12.4. The molecule has 0 amide bonds. The summed E-state index contributed by atoms with van der Waals surface area (Å²) < 4.78 is 17.5. The molecule has 0 fully saturated rings. The molecule has 0 aliphatic heterocycles. The number of ether oxygens (including phenoxy) is 3. The third-order valence-electron chi connectivity index (χ3n) is 12.4. The number of carbonyl (C=O) groups is 2. The molecule has 5 nitrogen and oxygen atoms in total. The molecule has 0 aliphatic rings. The summed E-state index contributed by atoms with van der Waals surface area (Å²) in [6, 6.07) is 0. The lowest BCUT2D eigenvalue weighted by atomic mass is 10.0. The predicted octanol–water partition coefficient (Wildman–Crippen LogP) is 20.0. The van der Waals surface area contributed by atoms with Crippen LogP contribution in [0.3, 0.4) is 0 Å². The SMILES string of the molecule is CC/C=C\C/C=C\C/C=C\C/C=C\CCCCCCCCC(=O)OCC(COCCCCCCCCCCCCCCCCCC)OC(=O)CCCCCCCCC/C=C\C/C=C\C/C=C\CC. The molecule has 0 rings (SSSR count). The van der Waals surface area contributed by atoms with E-state index in [1.54, 1.807) is 0 Å². The minimum Gasteiger partial charge on any atom is -0.462 e. The molecule has 0 aromatic heterocycles. The van der Waals surface area contributed by atoms with Crippen LogP contribution in [0.15, 0.2) is 85.1 Å². The largest absolute Gasteiger partial charge is 0.462 e. The first-order valence-corrected chi connectivity index (χ1v) is 29.1. The summed E-state index contributed by atoms with van der Waals surface area (Å²) in [6.07, 6.45) is 77.4. The molecule has 0 aliphatic carbocycles. The van der Waals surface area contributed by atoms with Gasteiger partial charge in [-0.1, -0.05) is 260 Å². The van der Waals surface area contributed by atoms with Gasteiger partial charge in [0.1, 0.15) is 6.61 Å². The molecule has 0 radical (unpaired) electrons. The normalized spacial score (nSPS) is 12.8. The average molecular weight is 948 g/mol. The van der Waals surface area contributed by atoms with Gasteiger partial charge in [-0.25, -0.2) is 0 Å². The van der Waals surface area contributed by atoms with E-state index < -0.39 is 6.10 Å². The van der Waals surface area contributed by atoms with E-state index in [-0.39, 0.29) is 25.2 Å². The van der Waals surface area contributed by atoms with Crippen molar-refractivity contribution >= 4 is 11.9 Å². The van der Waals surface area contributed by atoms with E-state index >= 15 is 0 Å². The van der Waals surface area contributed by atoms with Crippen molar-refractivity contribution in [1.82, 2.24) is 0 Å². The molecule has 68 heavy (non-hydrogen) atoms. The van der Waals surface area contributed by atoms with Crippen LogP contribution in [0.4, 0.5) is 0 Å². The number of rotatable bonds is 53. The van der Waals surface area contributed by atoms with Gasteiger partial charge in [0.05, 0.1) is 6.61 Å². The van der Waals surface area contributed by atoms with Gasteiger partial charge in [-0.3, -0.25) is 9.59 Å². The van der Waals surface area contributed by atoms with Crippen molar-refractivity contribution in [1.29, 1.82) is 0 Å². The third kappa shape index (κ3) is 55.7. The van der Waals surface area contributed by atoms with Crippen LogP contribution in [0, 0.1) is 0 Å². The fourth-order valence-corrected chi connectivity index (χ4v) is 8.16. The Morgan fingerprint density at radius 2 is 0.662 bits per heavy atom. The standard InChI is InChI=1S/C63H110O5/c1-4-7-10-13-16-19-22-25-28-31-32-34-35-38-41-44-47-50-53-56-62(64)67-60-61(59-66-58-55-52-49-46-43-40-37-30-27-24-21-18-15-12-9-6-3)68-63(65)57-54-51-48-45-42-39-36-33-29-26-23-20-17-14-11-8-5-2/h7-8,10-11,16-17,19-20,25-26,28-29,32,34,61H,4-6,9,12-15,18,21-24,27,30-31,33,35-60H2,1-3H3/b10-7-,11-8-,19-16-,20-17-,28-25-,29-26-,34-32-. The topological polar surface area (TPSA) is 61.8 Å². The molecule has 0 bridgehead atoms. The second kappa shape index (κ2) is 58.4. The zero-order chi connectivity index (χ0) is 49.2. The number of carbonyl (C=O) groups excluding carboxylic acids is 2. The Balaban J connectivity index is 4.31. The van der Waals surface area contributed by atoms with E-state index in [1.165, 1.54) is 135 Å². The van der Waals surface area contributed by atoms with Crippen LogP contribution < -0.4 is 0 Å². The van der Waals surface area contributed by atoms with Crippen LogP contribution in [0.5, 0.6) is 0 Å². The van der Waals surface area contributed by atoms with E-state index in [9.17, 15) is 9.59 Å². The first-order chi connectivity index (χ1) is 33.6. The highest BCUT2D eigenvalue weighted by molar-refractivity contribution is 5.70. The molecule has 0 N–H and O–H groups in total. The van der Waals surface area contributed by atoms with E-state index in [0.717, 1.165) is 109 Å². The number of esters is 2. The van der Waals surface area contributed by atoms with Gasteiger partial charge in [0.2, 0.25) is 0 Å². The summed E-state index contributed by atoms with van der Waals surface area (Å²) in [4.78, 5) is 25.5. The number of hydrogen-bond acceptors (Lipinski definition) is 5. The first-order valence-electron chi connectivity index (χ1n) is 29.1. The number of unbranched alkanes of at least 4 members (excludes halogenated alkanes) is 28. The van der Waals surface area contributed by atoms with Crippen LogP contribution in [0.25, 0.3) is 0 Å². The predicted molar refractivity (Wildman–Crippen MR) is 297 cm³/mol. The molecule has 0 saturated carbocycles. The molecular formula is C63H110O5. The zero-order valence-corrected chi connectivity index (χ0v) is 45.1. The summed E-state index contributed by atoms with van der Waals surface area (Å²) >= 11 is 0. The highest BCUT2D eigenvalue weighted by Gasteiger charge is 2.17. The molecule has 1 atom stereocenters. The van der Waals surface area contributed by atoms with Crippen molar-refractivity contribution in [2.75, 3.05) is 19.8 Å². The quantitative estimate of drug-likeness (QED) is 0.0345. The average Bonchev–Trinajstić information content (AvgIpc) is 3.34. The van der Waals surface area contributed by atoms with Gasteiger partial charge in [-0.2, -0.15) is 0 Å². The van der Waals surface area contributed by atoms with E-state index in [2.05, 4.69) is 106 Å². The molecule has 0 heterocycles. The van der Waals surface area contributed by atoms with Gasteiger partial charge in [-0.05, 0) is 89.9 Å². The monoisotopic (exact) mass is 947 g/mol. The minimum absolute atomic E-state index is 0.0728. The Labute approximate surface area is 422 Å². The van der Waals surface area contributed by atoms with Gasteiger partial charge in [0, 0.05) is 19.4 Å². The van der Waals surface area contributed by atoms with Crippen molar-refractivity contribution < 1.29 is 23.8 Å². The summed E-state index contributed by atoms with van der Waals surface area (Å²) in [7, 11) is 0. The second-order valence-electron chi connectivity index (χ2n) is 19.1. The fourth-order valence-electron chi connectivity index (χ4n) is 8.16. The van der Waals surface area contributed by atoms with E-state index in [4.69, 9.17) is 14.2 Å². The van der Waals surface area contributed by atoms with Crippen molar-refractivity contribution in [2.24, 2.45) is 0 Å². The maximum Gasteiger partial charge on any atom is 0.306 e. The van der Waals surface area contributed by atoms with Gasteiger partial charge < -0.3 is 14.2 Å². The molecule has 0 spiro atoms. The lowest BCUT2D eigenvalue weighted by Gasteiger charge is -2.18. The molecule has 5 heteroatoms. The summed E-state index contributed by atoms with van der Waals surface area (Å²) in [5.41, 5.74) is 0. The molecule has 0 aromatic carbocycles. The lowest BCUT2D eigenvalue weighted by Crippen LogP contribution is -2.30. The first kappa shape index (κ1) is 65.1. The molecule has 0 aromatic rings. The maximum atomic E-state index is 12.9. The Morgan fingerprint density at radius 3 is 1.06 bits per heavy atom. The Hall–Kier alpha value is -2.92. The summed E-state index contributed by atoms with van der Waals surface area (Å²) in [5.74, 6) is -0.416. The van der Waals surface area contributed by atoms with Gasteiger partial charge >= 0.3 is 11.9 Å². The fraction of sp³-hybridized carbons (Fsp3) is 0.746. The van der Waals surface area contributed by atoms with Crippen LogP contribution in [0.1, 0.15) is 278 Å². The lowest BCUT2D eigenvalue weighted by molar-refractivity contribution is -0.163. The van der Waals surface area contributed by atoms with Gasteiger partial charge in [-0.15, -0.1) is 0 Å². The summed E-state index contributed by atoms with van der Waals surface area (Å²) in [6.45, 7) is 7.62. The molecule has 1 unspecified atom stereocenters. The number of hydrogen-bond donors (Lipinski definition) is 0. The van der Waals surface area contributed by atoms with Crippen LogP contribution in [-0.4, -0.2) is 37.9 Å². The molecular weight excluding hydrogens is 837 g/mol. The smallest absolute Gasteiger partial charge is 0.306 e. The second-order valence-corrected chi connectivity index (χ2v) is 19.1. The van der Waals surface area contributed by atoms with Crippen LogP contribution >= 0.6 is 0 Å². The van der Waals surface area contributed by atoms with Crippen molar-refractivity contribution in [3.8, 4) is 0 Å². The Kier molecular flexibility index (Phi) is 55.9. The molecule has 392 valence electrons. The van der Waals surface area contributed by atoms with E-state index in [0.29, 0.717) is 19.4 Å². The van der Waals surface area contributed by atoms with E-state index in [1.807, 2.05) is 0 Å². The zero-order valence-electron chi connectivity index (χ0n) is 45.1. The van der Waals surface area contributed by atoms with Crippen molar-refractivity contribution in [3.63, 3.8) is 0 Å². The summed E-state index contributed by atoms with van der Waals surface area (Å²) in [5, 5.41) is 0. The van der Waals surface area contributed by atoms with Crippen molar-refractivity contribution in [2.45, 2.75) is 284 Å². The highest BCUT2D eigenvalue weighted by atomic mass is 16.6. The number of allylic oxidation sites excluding steroid dienone is 14. The molecule has 0 saturated heterocycles. The van der Waals surface area contributed by atoms with Crippen LogP contribution in [-0.2, 0) is 23.8 Å². The van der Waals surface area contributed by atoms with Gasteiger partial charge in [0.15, 0.2) is 6.10 Å². The Bertz CT molecular complexity index is 1250. The Morgan fingerprint density at radius 1 is 0.338 bits per heavy atom. The van der Waals surface area contributed by atoms with Crippen molar-refractivity contribution in [3.05, 3.63) is 85.1 Å². The highest BCUT2D eigenvalue weighted by Crippen LogP contribution is 2.16. The van der Waals surface area contributed by atoms with Crippen LogP contribution in [0.2, 0.25) is 0 Å². The minimum atomic E-state index is -0.550.